The Labute approximate surface area is 68.2 Å². The van der Waals surface area contributed by atoms with Crippen molar-refractivity contribution < 1.29 is 0 Å². The summed E-state index contributed by atoms with van der Waals surface area (Å²) in [5.41, 5.74) is 1.36. The molecule has 0 saturated carbocycles. The van der Waals surface area contributed by atoms with Gasteiger partial charge in [0, 0.05) is 0 Å². The van der Waals surface area contributed by atoms with Gasteiger partial charge in [0.2, 0.25) is 0 Å². The molecule has 1 aliphatic carbocycles. The maximum absolute atomic E-state index is 5.56. The number of hydrogen-bond acceptors (Lipinski definition) is 0. The van der Waals surface area contributed by atoms with Gasteiger partial charge in [-0.25, -0.2) is 0 Å². The van der Waals surface area contributed by atoms with Crippen molar-refractivity contribution in [1.29, 1.82) is 0 Å². The van der Waals surface area contributed by atoms with Crippen molar-refractivity contribution in [3.05, 3.63) is 23.8 Å². The van der Waals surface area contributed by atoms with Gasteiger partial charge in [0.1, 0.15) is 7.28 Å². The molecule has 0 amide bonds. The summed E-state index contributed by atoms with van der Waals surface area (Å²) in [4.78, 5) is 0. The molecular weight excluding hydrogens is 142 g/mol. The molecule has 0 aliphatic heterocycles. The van der Waals surface area contributed by atoms with Crippen LogP contribution in [0.2, 0.25) is 5.82 Å². The summed E-state index contributed by atoms with van der Waals surface area (Å²) in [6.07, 6.45) is 7.72. The predicted molar refractivity (Wildman–Crippen MR) is 47.7 cm³/mol. The van der Waals surface area contributed by atoms with Crippen molar-refractivity contribution in [3.63, 3.8) is 0 Å². The summed E-state index contributed by atoms with van der Waals surface area (Å²) in [6, 6.07) is 0. The number of hydrogen-bond donors (Lipinski definition) is 0. The molecule has 1 atom stereocenters. The second kappa shape index (κ2) is 3.87. The molecule has 1 unspecified atom stereocenters. The molecule has 0 bridgehead atoms. The van der Waals surface area contributed by atoms with Gasteiger partial charge >= 0.3 is 0 Å². The van der Waals surface area contributed by atoms with Crippen LogP contribution in [0, 0.1) is 0 Å². The zero-order valence-electron chi connectivity index (χ0n) is 6.18. The summed E-state index contributed by atoms with van der Waals surface area (Å²) < 4.78 is 0. The molecular formula is C8H11BCl. The molecule has 0 N–H and O–H groups in total. The van der Waals surface area contributed by atoms with Crippen molar-refractivity contribution in [2.24, 2.45) is 0 Å². The Bertz CT molecular complexity index is 161. The maximum Gasteiger partial charge on any atom is 0.139 e. The standard InChI is InChI=1S/C8H11BCl/c1-7-2-4-8(5-3-7)9-6-10/h2-4,8H,5-6H2,1H3. The fourth-order valence-corrected chi connectivity index (χ4v) is 1.26. The van der Waals surface area contributed by atoms with Crippen LogP contribution in [0.25, 0.3) is 0 Å². The van der Waals surface area contributed by atoms with Crippen LogP contribution < -0.4 is 0 Å². The average molecular weight is 153 g/mol. The third-order valence-electron chi connectivity index (χ3n) is 1.71. The number of alkyl halides is 1. The predicted octanol–water partition coefficient (Wildman–Crippen LogP) is 2.58. The number of halogens is 1. The minimum atomic E-state index is 0.571. The van der Waals surface area contributed by atoms with Crippen molar-refractivity contribution in [2.75, 3.05) is 5.78 Å². The van der Waals surface area contributed by atoms with E-state index in [1.807, 2.05) is 0 Å². The van der Waals surface area contributed by atoms with Gasteiger partial charge in [0.25, 0.3) is 0 Å². The van der Waals surface area contributed by atoms with Gasteiger partial charge in [0.15, 0.2) is 0 Å². The summed E-state index contributed by atoms with van der Waals surface area (Å²) in [6.45, 7) is 2.12. The van der Waals surface area contributed by atoms with Gasteiger partial charge in [-0.1, -0.05) is 23.8 Å². The lowest BCUT2D eigenvalue weighted by Gasteiger charge is -2.11. The zero-order chi connectivity index (χ0) is 7.40. The molecule has 1 rings (SSSR count). The maximum atomic E-state index is 5.56. The van der Waals surface area contributed by atoms with Gasteiger partial charge < -0.3 is 0 Å². The quantitative estimate of drug-likeness (QED) is 0.423. The summed E-state index contributed by atoms with van der Waals surface area (Å²) >= 11 is 5.56. The van der Waals surface area contributed by atoms with E-state index >= 15 is 0 Å². The number of rotatable bonds is 2. The Morgan fingerprint density at radius 3 is 3.10 bits per heavy atom. The molecule has 0 nitrogen and oxygen atoms in total. The van der Waals surface area contributed by atoms with E-state index in [0.717, 1.165) is 6.42 Å². The van der Waals surface area contributed by atoms with E-state index < -0.39 is 0 Å². The number of allylic oxidation sites excluding steroid dienone is 4. The van der Waals surface area contributed by atoms with Crippen LogP contribution in [0.15, 0.2) is 23.8 Å². The summed E-state index contributed by atoms with van der Waals surface area (Å²) in [5, 5.41) is 0. The van der Waals surface area contributed by atoms with Crippen molar-refractivity contribution in [1.82, 2.24) is 0 Å². The molecule has 2 heteroatoms. The molecule has 10 heavy (non-hydrogen) atoms. The van der Waals surface area contributed by atoms with Gasteiger partial charge in [-0.05, 0) is 24.9 Å². The Balaban J connectivity index is 2.37. The second-order valence-electron chi connectivity index (χ2n) is 2.60. The average Bonchev–Trinajstić information content (AvgIpc) is 1.95. The first-order valence-electron chi connectivity index (χ1n) is 3.57. The van der Waals surface area contributed by atoms with Gasteiger partial charge in [-0.3, -0.25) is 0 Å². The van der Waals surface area contributed by atoms with Crippen LogP contribution in [0.1, 0.15) is 13.3 Å². The molecule has 0 spiro atoms. The Hall–Kier alpha value is -0.165. The van der Waals surface area contributed by atoms with Gasteiger partial charge in [0.05, 0.1) is 0 Å². The van der Waals surface area contributed by atoms with Crippen molar-refractivity contribution in [3.8, 4) is 0 Å². The van der Waals surface area contributed by atoms with Gasteiger partial charge in [-0.2, -0.15) is 0 Å². The minimum Gasteiger partial charge on any atom is -0.136 e. The SMILES string of the molecule is CC1=CCC([B]CCl)C=C1. The highest BCUT2D eigenvalue weighted by atomic mass is 35.5. The molecule has 1 aliphatic rings. The lowest BCUT2D eigenvalue weighted by Crippen LogP contribution is -2.03. The van der Waals surface area contributed by atoms with E-state index in [1.54, 1.807) is 0 Å². The van der Waals surface area contributed by atoms with Crippen LogP contribution >= 0.6 is 11.6 Å². The van der Waals surface area contributed by atoms with Gasteiger partial charge in [-0.15, -0.1) is 11.6 Å². The topological polar surface area (TPSA) is 0 Å². The molecule has 53 valence electrons. The van der Waals surface area contributed by atoms with Crippen LogP contribution in [-0.2, 0) is 0 Å². The van der Waals surface area contributed by atoms with Crippen LogP contribution in [0.4, 0.5) is 0 Å². The highest BCUT2D eigenvalue weighted by Gasteiger charge is 2.06. The second-order valence-corrected chi connectivity index (χ2v) is 2.91. The van der Waals surface area contributed by atoms with Crippen molar-refractivity contribution >= 4 is 18.9 Å². The third-order valence-corrected chi connectivity index (χ3v) is 1.89. The molecule has 0 saturated heterocycles. The Morgan fingerprint density at radius 2 is 2.60 bits per heavy atom. The van der Waals surface area contributed by atoms with E-state index in [4.69, 9.17) is 11.6 Å². The zero-order valence-corrected chi connectivity index (χ0v) is 6.93. The highest BCUT2D eigenvalue weighted by molar-refractivity contribution is 6.52. The van der Waals surface area contributed by atoms with E-state index in [9.17, 15) is 0 Å². The fourth-order valence-electron chi connectivity index (χ4n) is 1.03. The van der Waals surface area contributed by atoms with Crippen LogP contribution in [0.5, 0.6) is 0 Å². The molecule has 0 heterocycles. The van der Waals surface area contributed by atoms with Crippen molar-refractivity contribution in [2.45, 2.75) is 19.2 Å². The van der Waals surface area contributed by atoms with E-state index in [1.165, 1.54) is 5.57 Å². The Morgan fingerprint density at radius 1 is 1.80 bits per heavy atom. The summed E-state index contributed by atoms with van der Waals surface area (Å²) in [5.74, 6) is 1.23. The van der Waals surface area contributed by atoms with Crippen LogP contribution in [0.3, 0.4) is 0 Å². The minimum absolute atomic E-state index is 0.571. The largest absolute Gasteiger partial charge is 0.139 e. The molecule has 0 aromatic carbocycles. The van der Waals surface area contributed by atoms with E-state index in [0.29, 0.717) is 11.6 Å². The highest BCUT2D eigenvalue weighted by Crippen LogP contribution is 2.19. The Kier molecular flexibility index (Phi) is 3.07. The first-order valence-corrected chi connectivity index (χ1v) is 4.10. The molecule has 0 aromatic heterocycles. The molecule has 0 fully saturated rings. The van der Waals surface area contributed by atoms with E-state index in [-0.39, 0.29) is 0 Å². The summed E-state index contributed by atoms with van der Waals surface area (Å²) in [7, 11) is 2.13. The smallest absolute Gasteiger partial charge is 0.136 e. The van der Waals surface area contributed by atoms with E-state index in [2.05, 4.69) is 32.4 Å². The third kappa shape index (κ3) is 2.22. The van der Waals surface area contributed by atoms with Crippen LogP contribution in [-0.4, -0.2) is 13.1 Å². The first-order chi connectivity index (χ1) is 4.83. The normalized spacial score (nSPS) is 24.2. The molecule has 1 radical (unpaired) electrons. The lowest BCUT2D eigenvalue weighted by molar-refractivity contribution is 0.997. The first kappa shape index (κ1) is 7.94. The molecule has 0 aromatic rings. The monoisotopic (exact) mass is 153 g/mol. The fraction of sp³-hybridized carbons (Fsp3) is 0.500. The lowest BCUT2D eigenvalue weighted by atomic mass is 9.64.